The molecule has 0 saturated heterocycles. The van der Waals surface area contributed by atoms with Gasteiger partial charge in [-0.15, -0.1) is 0 Å². The molecule has 0 atom stereocenters. The van der Waals surface area contributed by atoms with Gasteiger partial charge in [0.1, 0.15) is 0 Å². The molecule has 0 aromatic heterocycles. The molecule has 0 N–H and O–H groups in total. The zero-order valence-corrected chi connectivity index (χ0v) is 15.6. The van der Waals surface area contributed by atoms with Crippen LogP contribution >= 0.6 is 0 Å². The van der Waals surface area contributed by atoms with Crippen molar-refractivity contribution in [2.75, 3.05) is 4.90 Å². The lowest BCUT2D eigenvalue weighted by molar-refractivity contribution is 0.100. The SMILES string of the molecule is C=Cc1cccc(N2C(=O)c3cccc4c(-c5ccc(C)cc5)ccc2c34)c1. The van der Waals surface area contributed by atoms with E-state index in [1.807, 2.05) is 41.3 Å². The molecule has 2 nitrogen and oxygen atoms in total. The monoisotopic (exact) mass is 361 g/mol. The highest BCUT2D eigenvalue weighted by molar-refractivity contribution is 6.29. The number of hydrogen-bond donors (Lipinski definition) is 0. The summed E-state index contributed by atoms with van der Waals surface area (Å²) in [5.41, 5.74) is 7.09. The number of amides is 1. The molecule has 4 aromatic carbocycles. The zero-order chi connectivity index (χ0) is 19.3. The number of anilines is 2. The number of nitrogens with zero attached hydrogens (tertiary/aromatic N) is 1. The van der Waals surface area contributed by atoms with E-state index in [-0.39, 0.29) is 5.91 Å². The van der Waals surface area contributed by atoms with Crippen LogP contribution in [0.5, 0.6) is 0 Å². The van der Waals surface area contributed by atoms with E-state index >= 15 is 0 Å². The molecule has 134 valence electrons. The first-order valence-electron chi connectivity index (χ1n) is 9.37. The van der Waals surface area contributed by atoms with Gasteiger partial charge in [0, 0.05) is 11.1 Å². The van der Waals surface area contributed by atoms with Gasteiger partial charge in [0.2, 0.25) is 0 Å². The van der Waals surface area contributed by atoms with Crippen molar-refractivity contribution in [3.63, 3.8) is 0 Å². The highest BCUT2D eigenvalue weighted by Gasteiger charge is 2.31. The summed E-state index contributed by atoms with van der Waals surface area (Å²) >= 11 is 0. The van der Waals surface area contributed by atoms with Crippen molar-refractivity contribution in [2.24, 2.45) is 0 Å². The second kappa shape index (κ2) is 6.21. The molecule has 1 aliphatic heterocycles. The summed E-state index contributed by atoms with van der Waals surface area (Å²) in [6.07, 6.45) is 1.80. The van der Waals surface area contributed by atoms with Gasteiger partial charge in [-0.25, -0.2) is 0 Å². The number of aryl methyl sites for hydroxylation is 1. The highest BCUT2D eigenvalue weighted by atomic mass is 16.2. The van der Waals surface area contributed by atoms with Crippen LogP contribution in [0.2, 0.25) is 0 Å². The second-order valence-electron chi connectivity index (χ2n) is 7.17. The molecule has 1 heterocycles. The molecule has 28 heavy (non-hydrogen) atoms. The van der Waals surface area contributed by atoms with Gasteiger partial charge in [0.25, 0.3) is 5.91 Å². The fraction of sp³-hybridized carbons (Fsp3) is 0.0385. The standard InChI is InChI=1S/C26H19NO/c1-3-18-6-4-7-20(16-18)27-24-15-14-21(19-12-10-17(2)11-13-19)22-8-5-9-23(25(22)24)26(27)28/h3-16H,1H2,2H3. The lowest BCUT2D eigenvalue weighted by Gasteiger charge is -2.19. The van der Waals surface area contributed by atoms with Crippen molar-refractivity contribution < 1.29 is 4.79 Å². The Balaban J connectivity index is 1.75. The van der Waals surface area contributed by atoms with E-state index < -0.39 is 0 Å². The van der Waals surface area contributed by atoms with Crippen LogP contribution in [0, 0.1) is 6.92 Å². The minimum Gasteiger partial charge on any atom is -0.276 e. The van der Waals surface area contributed by atoms with E-state index in [0.717, 1.165) is 44.4 Å². The first kappa shape index (κ1) is 16.5. The van der Waals surface area contributed by atoms with Crippen molar-refractivity contribution in [3.8, 4) is 11.1 Å². The van der Waals surface area contributed by atoms with Crippen LogP contribution in [0.3, 0.4) is 0 Å². The summed E-state index contributed by atoms with van der Waals surface area (Å²) in [4.78, 5) is 15.1. The molecule has 0 fully saturated rings. The third-order valence-corrected chi connectivity index (χ3v) is 5.42. The molecule has 5 rings (SSSR count). The Hall–Kier alpha value is -3.65. The topological polar surface area (TPSA) is 20.3 Å². The van der Waals surface area contributed by atoms with Crippen LogP contribution in [-0.4, -0.2) is 5.91 Å². The summed E-state index contributed by atoms with van der Waals surface area (Å²) in [5, 5.41) is 2.13. The van der Waals surface area contributed by atoms with Crippen LogP contribution in [-0.2, 0) is 0 Å². The second-order valence-corrected chi connectivity index (χ2v) is 7.17. The van der Waals surface area contributed by atoms with E-state index in [2.05, 4.69) is 56.0 Å². The van der Waals surface area contributed by atoms with Gasteiger partial charge in [-0.2, -0.15) is 0 Å². The van der Waals surface area contributed by atoms with Crippen molar-refractivity contribution in [1.29, 1.82) is 0 Å². The molecule has 2 heteroatoms. The number of carbonyl (C=O) groups excluding carboxylic acids is 1. The van der Waals surface area contributed by atoms with Crippen LogP contribution in [0.15, 0.2) is 85.4 Å². The smallest absolute Gasteiger partial charge is 0.263 e. The quantitative estimate of drug-likeness (QED) is 0.395. The Morgan fingerprint density at radius 3 is 2.43 bits per heavy atom. The molecule has 0 radical (unpaired) electrons. The number of benzene rings is 4. The molecule has 4 aromatic rings. The Morgan fingerprint density at radius 1 is 0.857 bits per heavy atom. The minimum absolute atomic E-state index is 0.0165. The normalized spacial score (nSPS) is 12.6. The Morgan fingerprint density at radius 2 is 1.64 bits per heavy atom. The fourth-order valence-electron chi connectivity index (χ4n) is 4.01. The number of carbonyl (C=O) groups is 1. The molecule has 1 amide bonds. The third-order valence-electron chi connectivity index (χ3n) is 5.42. The van der Waals surface area contributed by atoms with Gasteiger partial charge in [-0.1, -0.05) is 72.8 Å². The van der Waals surface area contributed by atoms with Gasteiger partial charge >= 0.3 is 0 Å². The summed E-state index contributed by atoms with van der Waals surface area (Å²) in [6.45, 7) is 5.93. The predicted molar refractivity (Wildman–Crippen MR) is 117 cm³/mol. The number of rotatable bonds is 3. The van der Waals surface area contributed by atoms with Crippen LogP contribution in [0.4, 0.5) is 11.4 Å². The first-order valence-corrected chi connectivity index (χ1v) is 9.37. The maximum Gasteiger partial charge on any atom is 0.263 e. The summed E-state index contributed by atoms with van der Waals surface area (Å²) in [5.74, 6) is 0.0165. The fourth-order valence-corrected chi connectivity index (χ4v) is 4.01. The van der Waals surface area contributed by atoms with Crippen molar-refractivity contribution >= 4 is 34.1 Å². The van der Waals surface area contributed by atoms with E-state index in [1.54, 1.807) is 6.08 Å². The largest absolute Gasteiger partial charge is 0.276 e. The van der Waals surface area contributed by atoms with Crippen LogP contribution < -0.4 is 4.90 Å². The molecule has 0 unspecified atom stereocenters. The van der Waals surface area contributed by atoms with E-state index in [1.165, 1.54) is 5.56 Å². The third kappa shape index (κ3) is 2.39. The molecule has 0 saturated carbocycles. The van der Waals surface area contributed by atoms with Crippen molar-refractivity contribution in [3.05, 3.63) is 102 Å². The Labute approximate surface area is 164 Å². The highest BCUT2D eigenvalue weighted by Crippen LogP contribution is 2.44. The molecule has 0 bridgehead atoms. The van der Waals surface area contributed by atoms with E-state index in [4.69, 9.17) is 0 Å². The molecule has 1 aliphatic rings. The molecular weight excluding hydrogens is 342 g/mol. The summed E-state index contributed by atoms with van der Waals surface area (Å²) in [6, 6.07) is 26.6. The van der Waals surface area contributed by atoms with E-state index in [0.29, 0.717) is 0 Å². The van der Waals surface area contributed by atoms with Gasteiger partial charge in [0.05, 0.1) is 11.3 Å². The van der Waals surface area contributed by atoms with Gasteiger partial charge in [-0.3, -0.25) is 9.69 Å². The predicted octanol–water partition coefficient (Wildman–Crippen LogP) is 6.75. The Kier molecular flexibility index (Phi) is 3.66. The maximum atomic E-state index is 13.3. The van der Waals surface area contributed by atoms with Crippen molar-refractivity contribution in [1.82, 2.24) is 0 Å². The van der Waals surface area contributed by atoms with Crippen LogP contribution in [0.25, 0.3) is 28.0 Å². The van der Waals surface area contributed by atoms with Gasteiger partial charge in [-0.05, 0) is 53.3 Å². The molecular formula is C26H19NO. The first-order chi connectivity index (χ1) is 13.7. The summed E-state index contributed by atoms with van der Waals surface area (Å²) < 4.78 is 0. The van der Waals surface area contributed by atoms with Crippen molar-refractivity contribution in [2.45, 2.75) is 6.92 Å². The molecule has 0 aliphatic carbocycles. The lowest BCUT2D eigenvalue weighted by Crippen LogP contribution is -2.20. The average Bonchev–Trinajstić information content (AvgIpc) is 3.03. The Bertz CT molecular complexity index is 1250. The maximum absolute atomic E-state index is 13.3. The van der Waals surface area contributed by atoms with Gasteiger partial charge < -0.3 is 0 Å². The van der Waals surface area contributed by atoms with E-state index in [9.17, 15) is 4.79 Å². The lowest BCUT2D eigenvalue weighted by atomic mass is 9.95. The minimum atomic E-state index is 0.0165. The van der Waals surface area contributed by atoms with Crippen LogP contribution in [0.1, 0.15) is 21.5 Å². The molecule has 0 spiro atoms. The number of hydrogen-bond acceptors (Lipinski definition) is 1. The van der Waals surface area contributed by atoms with Gasteiger partial charge in [0.15, 0.2) is 0 Å². The average molecular weight is 361 g/mol. The summed E-state index contributed by atoms with van der Waals surface area (Å²) in [7, 11) is 0. The zero-order valence-electron chi connectivity index (χ0n) is 15.6.